The van der Waals surface area contributed by atoms with Crippen molar-refractivity contribution >= 4 is 28.9 Å². The first-order valence-corrected chi connectivity index (χ1v) is 10.1. The van der Waals surface area contributed by atoms with Gasteiger partial charge in [-0.05, 0) is 17.7 Å². The Morgan fingerprint density at radius 3 is 2.69 bits per heavy atom. The molecular formula is C21H19N5O2S. The predicted octanol–water partition coefficient (Wildman–Crippen LogP) is 3.00. The monoisotopic (exact) mass is 405 g/mol. The zero-order valence-corrected chi connectivity index (χ0v) is 16.4. The van der Waals surface area contributed by atoms with Crippen molar-refractivity contribution in [2.75, 3.05) is 0 Å². The summed E-state index contributed by atoms with van der Waals surface area (Å²) >= 11 is 1.49. The van der Waals surface area contributed by atoms with Gasteiger partial charge in [0, 0.05) is 36.2 Å². The molecule has 1 aliphatic rings. The van der Waals surface area contributed by atoms with Gasteiger partial charge in [0.25, 0.3) is 5.91 Å². The molecule has 0 saturated carbocycles. The number of hydrazone groups is 1. The second kappa shape index (κ2) is 8.74. The molecule has 2 aromatic heterocycles. The van der Waals surface area contributed by atoms with Gasteiger partial charge < -0.3 is 5.32 Å². The van der Waals surface area contributed by atoms with Gasteiger partial charge in [-0.25, -0.2) is 9.99 Å². The van der Waals surface area contributed by atoms with E-state index in [1.54, 1.807) is 12.4 Å². The topological polar surface area (TPSA) is 87.6 Å². The van der Waals surface area contributed by atoms with E-state index in [1.807, 2.05) is 47.8 Å². The first-order valence-electron chi connectivity index (χ1n) is 9.24. The molecule has 8 heteroatoms. The van der Waals surface area contributed by atoms with Crippen LogP contribution >= 0.6 is 11.3 Å². The van der Waals surface area contributed by atoms with Crippen LogP contribution in [0, 0.1) is 0 Å². The highest BCUT2D eigenvalue weighted by Crippen LogP contribution is 2.21. The molecule has 0 spiro atoms. The molecule has 0 bridgehead atoms. The lowest BCUT2D eigenvalue weighted by Crippen LogP contribution is -2.38. The van der Waals surface area contributed by atoms with Gasteiger partial charge in [0.05, 0.1) is 18.8 Å². The molecule has 0 fully saturated rings. The molecule has 0 saturated heterocycles. The van der Waals surface area contributed by atoms with Crippen LogP contribution in [0.3, 0.4) is 0 Å². The van der Waals surface area contributed by atoms with Crippen LogP contribution in [0.1, 0.15) is 23.4 Å². The Kier molecular flexibility index (Phi) is 5.71. The quantitative estimate of drug-likeness (QED) is 0.683. The molecule has 4 rings (SSSR count). The molecule has 1 aromatic carbocycles. The minimum absolute atomic E-state index is 0.0766. The van der Waals surface area contributed by atoms with Gasteiger partial charge in [0.15, 0.2) is 0 Å². The van der Waals surface area contributed by atoms with Crippen molar-refractivity contribution in [1.29, 1.82) is 0 Å². The van der Waals surface area contributed by atoms with Gasteiger partial charge in [-0.15, -0.1) is 11.3 Å². The number of nitrogens with one attached hydrogen (secondary N) is 1. The Morgan fingerprint density at radius 2 is 1.90 bits per heavy atom. The molecule has 3 aromatic rings. The number of benzene rings is 1. The summed E-state index contributed by atoms with van der Waals surface area (Å²) in [5.74, 6) is -0.344. The molecule has 0 atom stereocenters. The van der Waals surface area contributed by atoms with E-state index in [1.165, 1.54) is 16.3 Å². The van der Waals surface area contributed by atoms with Crippen LogP contribution in [-0.4, -0.2) is 32.5 Å². The summed E-state index contributed by atoms with van der Waals surface area (Å²) in [6.45, 7) is 0.679. The largest absolute Gasteiger partial charge is 0.344 e. The Labute approximate surface area is 172 Å². The van der Waals surface area contributed by atoms with Crippen molar-refractivity contribution in [1.82, 2.24) is 20.3 Å². The summed E-state index contributed by atoms with van der Waals surface area (Å²) in [5, 5.41) is 11.3. The molecule has 29 heavy (non-hydrogen) atoms. The molecular weight excluding hydrogens is 386 g/mol. The van der Waals surface area contributed by atoms with E-state index in [4.69, 9.17) is 0 Å². The second-order valence-electron chi connectivity index (χ2n) is 6.53. The third-order valence-corrected chi connectivity index (χ3v) is 5.32. The molecule has 1 aliphatic heterocycles. The van der Waals surface area contributed by atoms with Crippen molar-refractivity contribution in [2.45, 2.75) is 25.9 Å². The number of amides is 2. The van der Waals surface area contributed by atoms with Crippen molar-refractivity contribution in [2.24, 2.45) is 5.10 Å². The Hall–Kier alpha value is -3.39. The Balaban J connectivity index is 1.38. The van der Waals surface area contributed by atoms with E-state index < -0.39 is 0 Å². The summed E-state index contributed by atoms with van der Waals surface area (Å²) < 4.78 is 0. The lowest BCUT2D eigenvalue weighted by atomic mass is 10.1. The van der Waals surface area contributed by atoms with E-state index >= 15 is 0 Å². The first-order chi connectivity index (χ1) is 14.2. The maximum atomic E-state index is 12.5. The average molecular weight is 405 g/mol. The highest BCUT2D eigenvalue weighted by molar-refractivity contribution is 7.09. The standard InChI is InChI=1S/C21H19N5O2S/c27-20-7-6-17(25-26(20)13-15-4-2-1-3-5-15)21(28)23-12-19-24-18(14-29-19)16-8-10-22-11-9-16/h1-5,8-11,14H,6-7,12-13H2,(H,23,28). The molecule has 2 amide bonds. The molecule has 0 radical (unpaired) electrons. The summed E-state index contributed by atoms with van der Waals surface area (Å²) in [7, 11) is 0. The zero-order valence-electron chi connectivity index (χ0n) is 15.6. The lowest BCUT2D eigenvalue weighted by molar-refractivity contribution is -0.132. The van der Waals surface area contributed by atoms with Crippen LogP contribution in [0.15, 0.2) is 65.3 Å². The predicted molar refractivity (Wildman–Crippen MR) is 111 cm³/mol. The number of thiazole rings is 1. The number of aromatic nitrogens is 2. The fraction of sp³-hybridized carbons (Fsp3) is 0.190. The van der Waals surface area contributed by atoms with Gasteiger partial charge in [0.2, 0.25) is 5.91 Å². The van der Waals surface area contributed by atoms with Crippen molar-refractivity contribution < 1.29 is 9.59 Å². The SMILES string of the molecule is O=C(NCc1nc(-c2ccncc2)cs1)C1=NN(Cc2ccccc2)C(=O)CC1. The van der Waals surface area contributed by atoms with E-state index in [-0.39, 0.29) is 18.2 Å². The van der Waals surface area contributed by atoms with E-state index in [0.717, 1.165) is 21.8 Å². The Bertz CT molecular complexity index is 1030. The minimum Gasteiger partial charge on any atom is -0.344 e. The second-order valence-corrected chi connectivity index (χ2v) is 7.47. The van der Waals surface area contributed by atoms with Crippen molar-refractivity contribution in [3.63, 3.8) is 0 Å². The van der Waals surface area contributed by atoms with Crippen molar-refractivity contribution in [3.05, 3.63) is 70.8 Å². The fourth-order valence-electron chi connectivity index (χ4n) is 2.95. The first kappa shape index (κ1) is 18.9. The van der Waals surface area contributed by atoms with Crippen LogP contribution < -0.4 is 5.32 Å². The van der Waals surface area contributed by atoms with E-state index in [2.05, 4.69) is 20.4 Å². The van der Waals surface area contributed by atoms with E-state index in [0.29, 0.717) is 25.2 Å². The number of hydrogen-bond donors (Lipinski definition) is 1. The smallest absolute Gasteiger partial charge is 0.267 e. The van der Waals surface area contributed by atoms with Gasteiger partial charge in [0.1, 0.15) is 10.7 Å². The summed E-state index contributed by atoms with van der Waals surface area (Å²) in [5.41, 5.74) is 3.18. The number of pyridine rings is 1. The number of carbonyl (C=O) groups excluding carboxylic acids is 2. The zero-order chi connectivity index (χ0) is 20.1. The van der Waals surface area contributed by atoms with Gasteiger partial charge in [-0.3, -0.25) is 14.6 Å². The Morgan fingerprint density at radius 1 is 1.10 bits per heavy atom. The van der Waals surface area contributed by atoms with E-state index in [9.17, 15) is 9.59 Å². The highest BCUT2D eigenvalue weighted by atomic mass is 32.1. The van der Waals surface area contributed by atoms with Crippen LogP contribution in [0.2, 0.25) is 0 Å². The lowest BCUT2D eigenvalue weighted by Gasteiger charge is -2.23. The summed E-state index contributed by atoms with van der Waals surface area (Å²) in [6.07, 6.45) is 4.07. The minimum atomic E-state index is -0.267. The highest BCUT2D eigenvalue weighted by Gasteiger charge is 2.24. The van der Waals surface area contributed by atoms with Gasteiger partial charge in [-0.1, -0.05) is 30.3 Å². The molecule has 146 valence electrons. The molecule has 7 nitrogen and oxygen atoms in total. The van der Waals surface area contributed by atoms with Crippen molar-refractivity contribution in [3.8, 4) is 11.3 Å². The third kappa shape index (κ3) is 4.72. The van der Waals surface area contributed by atoms with Gasteiger partial charge in [-0.2, -0.15) is 5.10 Å². The molecule has 0 unspecified atom stereocenters. The van der Waals surface area contributed by atoms with Crippen LogP contribution in [0.4, 0.5) is 0 Å². The normalized spacial score (nSPS) is 13.9. The molecule has 1 N–H and O–H groups in total. The average Bonchev–Trinajstić information content (AvgIpc) is 3.24. The van der Waals surface area contributed by atoms with Crippen LogP contribution in [0.5, 0.6) is 0 Å². The van der Waals surface area contributed by atoms with Crippen LogP contribution in [-0.2, 0) is 22.7 Å². The molecule has 3 heterocycles. The summed E-state index contributed by atoms with van der Waals surface area (Å²) in [4.78, 5) is 33.3. The maximum absolute atomic E-state index is 12.5. The summed E-state index contributed by atoms with van der Waals surface area (Å²) in [6, 6.07) is 13.4. The fourth-order valence-corrected chi connectivity index (χ4v) is 3.69. The number of nitrogens with zero attached hydrogens (tertiary/aromatic N) is 4. The maximum Gasteiger partial charge on any atom is 0.267 e. The number of hydrogen-bond acceptors (Lipinski definition) is 6. The third-order valence-electron chi connectivity index (χ3n) is 4.47. The number of carbonyl (C=O) groups is 2. The molecule has 0 aliphatic carbocycles. The van der Waals surface area contributed by atoms with Gasteiger partial charge >= 0.3 is 0 Å². The van der Waals surface area contributed by atoms with Crippen LogP contribution in [0.25, 0.3) is 11.3 Å². The number of rotatable bonds is 6.